The average Bonchev–Trinajstić information content (AvgIpc) is 3.04. The topological polar surface area (TPSA) is 63.3 Å². The highest BCUT2D eigenvalue weighted by atomic mass is 19.4. The Hall–Kier alpha value is -3.09. The van der Waals surface area contributed by atoms with E-state index in [9.17, 15) is 18.0 Å². The summed E-state index contributed by atoms with van der Waals surface area (Å²) in [6, 6.07) is 12.2. The Morgan fingerprint density at radius 1 is 1.00 bits per heavy atom. The summed E-state index contributed by atoms with van der Waals surface area (Å²) in [5, 5.41) is 12.8. The Labute approximate surface area is 134 Å². The number of aromatic carboxylic acids is 1. The Morgan fingerprint density at radius 2 is 1.71 bits per heavy atom. The molecular formula is C17H10F3NO3. The molecule has 0 aliphatic rings. The van der Waals surface area contributed by atoms with E-state index < -0.39 is 17.7 Å². The lowest BCUT2D eigenvalue weighted by molar-refractivity contribution is -0.137. The fourth-order valence-corrected chi connectivity index (χ4v) is 2.18. The molecule has 0 fully saturated rings. The molecule has 3 aromatic rings. The van der Waals surface area contributed by atoms with Crippen LogP contribution in [0.4, 0.5) is 13.2 Å². The van der Waals surface area contributed by atoms with Crippen LogP contribution in [0.1, 0.15) is 15.9 Å². The van der Waals surface area contributed by atoms with Gasteiger partial charge in [-0.3, -0.25) is 0 Å². The lowest BCUT2D eigenvalue weighted by atomic mass is 10.1. The molecule has 0 bridgehead atoms. The predicted molar refractivity (Wildman–Crippen MR) is 79.3 cm³/mol. The van der Waals surface area contributed by atoms with Gasteiger partial charge in [-0.2, -0.15) is 13.2 Å². The molecule has 0 atom stereocenters. The molecule has 122 valence electrons. The molecule has 4 nitrogen and oxygen atoms in total. The quantitative estimate of drug-likeness (QED) is 0.753. The molecule has 3 rings (SSSR count). The van der Waals surface area contributed by atoms with E-state index in [-0.39, 0.29) is 5.56 Å². The number of carboxylic acid groups (broad SMARTS) is 1. The van der Waals surface area contributed by atoms with Gasteiger partial charge in [0.1, 0.15) is 5.69 Å². The van der Waals surface area contributed by atoms with E-state index in [1.807, 2.05) is 0 Å². The largest absolute Gasteiger partial charge is 0.478 e. The number of halogens is 3. The summed E-state index contributed by atoms with van der Waals surface area (Å²) in [7, 11) is 0. The Kier molecular flexibility index (Phi) is 3.84. The van der Waals surface area contributed by atoms with Crippen molar-refractivity contribution in [2.24, 2.45) is 0 Å². The number of carboxylic acids is 1. The summed E-state index contributed by atoms with van der Waals surface area (Å²) in [5.74, 6) is -0.743. The van der Waals surface area contributed by atoms with Crippen LogP contribution >= 0.6 is 0 Å². The predicted octanol–water partition coefficient (Wildman–Crippen LogP) is 4.73. The number of benzene rings is 2. The molecule has 0 saturated heterocycles. The van der Waals surface area contributed by atoms with Crippen LogP contribution in [0, 0.1) is 0 Å². The molecule has 0 amide bonds. The SMILES string of the molecule is O=C(O)c1cccc(-c2cc(-c3ccc(C(F)(F)F)cc3)no2)c1. The van der Waals surface area contributed by atoms with Crippen LogP contribution in [0.15, 0.2) is 59.1 Å². The summed E-state index contributed by atoms with van der Waals surface area (Å²) in [6.45, 7) is 0. The highest BCUT2D eigenvalue weighted by molar-refractivity contribution is 5.89. The van der Waals surface area contributed by atoms with E-state index in [4.69, 9.17) is 9.63 Å². The second kappa shape index (κ2) is 5.84. The Balaban J connectivity index is 1.91. The summed E-state index contributed by atoms with van der Waals surface area (Å²) in [6.07, 6.45) is -4.40. The molecule has 7 heteroatoms. The summed E-state index contributed by atoms with van der Waals surface area (Å²) < 4.78 is 42.9. The maximum atomic E-state index is 12.6. The van der Waals surface area contributed by atoms with Crippen molar-refractivity contribution in [1.82, 2.24) is 5.16 Å². The van der Waals surface area contributed by atoms with Crippen LogP contribution in [-0.2, 0) is 6.18 Å². The van der Waals surface area contributed by atoms with Crippen molar-refractivity contribution in [3.8, 4) is 22.6 Å². The van der Waals surface area contributed by atoms with Gasteiger partial charge < -0.3 is 9.63 Å². The lowest BCUT2D eigenvalue weighted by Gasteiger charge is -2.06. The molecule has 0 aliphatic heterocycles. The molecule has 0 unspecified atom stereocenters. The highest BCUT2D eigenvalue weighted by Crippen LogP contribution is 2.32. The van der Waals surface area contributed by atoms with E-state index in [1.54, 1.807) is 18.2 Å². The Morgan fingerprint density at radius 3 is 2.33 bits per heavy atom. The minimum atomic E-state index is -4.40. The van der Waals surface area contributed by atoms with Crippen molar-refractivity contribution >= 4 is 5.97 Å². The van der Waals surface area contributed by atoms with E-state index in [0.717, 1.165) is 12.1 Å². The van der Waals surface area contributed by atoms with Gasteiger partial charge >= 0.3 is 12.1 Å². The molecular weight excluding hydrogens is 323 g/mol. The second-order valence-corrected chi connectivity index (χ2v) is 5.04. The second-order valence-electron chi connectivity index (χ2n) is 5.04. The van der Waals surface area contributed by atoms with E-state index in [2.05, 4.69) is 5.16 Å². The van der Waals surface area contributed by atoms with Crippen molar-refractivity contribution in [1.29, 1.82) is 0 Å². The molecule has 1 aromatic heterocycles. The summed E-state index contributed by atoms with van der Waals surface area (Å²) in [5.41, 5.74) is 0.691. The van der Waals surface area contributed by atoms with Gasteiger partial charge in [-0.05, 0) is 24.3 Å². The molecule has 0 radical (unpaired) electrons. The van der Waals surface area contributed by atoms with Crippen LogP contribution in [0.2, 0.25) is 0 Å². The lowest BCUT2D eigenvalue weighted by Crippen LogP contribution is -2.03. The first-order chi connectivity index (χ1) is 11.3. The van der Waals surface area contributed by atoms with Crippen LogP contribution in [0.3, 0.4) is 0 Å². The fraction of sp³-hybridized carbons (Fsp3) is 0.0588. The molecule has 0 spiro atoms. The maximum Gasteiger partial charge on any atom is 0.416 e. The number of alkyl halides is 3. The third kappa shape index (κ3) is 3.15. The van der Waals surface area contributed by atoms with E-state index >= 15 is 0 Å². The first-order valence-corrected chi connectivity index (χ1v) is 6.83. The number of aromatic nitrogens is 1. The van der Waals surface area contributed by atoms with Gasteiger partial charge in [0, 0.05) is 17.2 Å². The first kappa shape index (κ1) is 15.8. The monoisotopic (exact) mass is 333 g/mol. The minimum absolute atomic E-state index is 0.0972. The number of rotatable bonds is 3. The molecule has 24 heavy (non-hydrogen) atoms. The van der Waals surface area contributed by atoms with Crippen molar-refractivity contribution in [2.75, 3.05) is 0 Å². The Bertz CT molecular complexity index is 883. The summed E-state index contributed by atoms with van der Waals surface area (Å²) in [4.78, 5) is 11.0. The van der Waals surface area contributed by atoms with Crippen molar-refractivity contribution in [2.45, 2.75) is 6.18 Å². The van der Waals surface area contributed by atoms with Gasteiger partial charge in [-0.15, -0.1) is 0 Å². The van der Waals surface area contributed by atoms with Crippen LogP contribution < -0.4 is 0 Å². The standard InChI is InChI=1S/C17H10F3NO3/c18-17(19,20)13-6-4-10(5-7-13)14-9-15(24-21-14)11-2-1-3-12(8-11)16(22)23/h1-9H,(H,22,23). The van der Waals surface area contributed by atoms with Gasteiger partial charge in [-0.25, -0.2) is 4.79 Å². The zero-order chi connectivity index (χ0) is 17.3. The molecule has 1 heterocycles. The third-order valence-corrected chi connectivity index (χ3v) is 3.41. The molecule has 1 N–H and O–H groups in total. The van der Waals surface area contributed by atoms with E-state index in [1.165, 1.54) is 24.3 Å². The van der Waals surface area contributed by atoms with Gasteiger partial charge in [-0.1, -0.05) is 29.4 Å². The van der Waals surface area contributed by atoms with E-state index in [0.29, 0.717) is 22.6 Å². The highest BCUT2D eigenvalue weighted by Gasteiger charge is 2.30. The number of carbonyl (C=O) groups is 1. The van der Waals surface area contributed by atoms with Crippen molar-refractivity contribution in [3.05, 3.63) is 65.7 Å². The minimum Gasteiger partial charge on any atom is -0.478 e. The third-order valence-electron chi connectivity index (χ3n) is 3.41. The van der Waals surface area contributed by atoms with Crippen LogP contribution in [0.25, 0.3) is 22.6 Å². The van der Waals surface area contributed by atoms with Crippen molar-refractivity contribution in [3.63, 3.8) is 0 Å². The molecule has 0 aliphatic carbocycles. The van der Waals surface area contributed by atoms with Crippen LogP contribution in [-0.4, -0.2) is 16.2 Å². The van der Waals surface area contributed by atoms with Crippen molar-refractivity contribution < 1.29 is 27.6 Å². The smallest absolute Gasteiger partial charge is 0.416 e. The molecule has 2 aromatic carbocycles. The zero-order valence-corrected chi connectivity index (χ0v) is 12.0. The average molecular weight is 333 g/mol. The fourth-order valence-electron chi connectivity index (χ4n) is 2.18. The number of hydrogen-bond donors (Lipinski definition) is 1. The zero-order valence-electron chi connectivity index (χ0n) is 12.0. The first-order valence-electron chi connectivity index (χ1n) is 6.83. The van der Waals surface area contributed by atoms with Gasteiger partial charge in [0.05, 0.1) is 11.1 Å². The number of nitrogens with zero attached hydrogens (tertiary/aromatic N) is 1. The molecule has 0 saturated carbocycles. The number of hydrogen-bond acceptors (Lipinski definition) is 3. The normalized spacial score (nSPS) is 11.5. The van der Waals surface area contributed by atoms with Gasteiger partial charge in [0.25, 0.3) is 0 Å². The van der Waals surface area contributed by atoms with Gasteiger partial charge in [0.2, 0.25) is 0 Å². The van der Waals surface area contributed by atoms with Gasteiger partial charge in [0.15, 0.2) is 5.76 Å². The maximum absolute atomic E-state index is 12.6. The summed E-state index contributed by atoms with van der Waals surface area (Å²) >= 11 is 0. The van der Waals surface area contributed by atoms with Crippen LogP contribution in [0.5, 0.6) is 0 Å².